The number of carbonyl (C=O) groups is 3. The molecule has 4 N–H and O–H groups in total. The molecule has 0 radical (unpaired) electrons. The highest BCUT2D eigenvalue weighted by Gasteiger charge is 2.42. The van der Waals surface area contributed by atoms with E-state index >= 15 is 0 Å². The molecule has 1 saturated carbocycles. The lowest BCUT2D eigenvalue weighted by Crippen LogP contribution is -2.57. The van der Waals surface area contributed by atoms with E-state index in [1.165, 1.54) is 6.92 Å². The van der Waals surface area contributed by atoms with E-state index in [-0.39, 0.29) is 36.5 Å². The first-order chi connectivity index (χ1) is 13.4. The molecule has 1 aliphatic carbocycles. The number of rotatable bonds is 5. The predicted octanol–water partition coefficient (Wildman–Crippen LogP) is 0.898. The maximum atomic E-state index is 12.8. The highest BCUT2D eigenvalue weighted by molar-refractivity contribution is 5.87. The van der Waals surface area contributed by atoms with Crippen molar-refractivity contribution in [3.8, 4) is 0 Å². The maximum absolute atomic E-state index is 12.8. The summed E-state index contributed by atoms with van der Waals surface area (Å²) in [6.45, 7) is 2.16. The van der Waals surface area contributed by atoms with Crippen molar-refractivity contribution in [2.75, 3.05) is 6.54 Å². The van der Waals surface area contributed by atoms with Gasteiger partial charge in [-0.15, -0.1) is 0 Å². The molecule has 0 aromatic heterocycles. The van der Waals surface area contributed by atoms with E-state index in [1.807, 2.05) is 30.3 Å². The van der Waals surface area contributed by atoms with E-state index in [0.717, 1.165) is 18.4 Å². The number of alkyl carbamates (subject to hydrolysis) is 1. The first-order valence-corrected chi connectivity index (χ1v) is 9.74. The third-order valence-electron chi connectivity index (χ3n) is 5.39. The molecular weight excluding hydrogens is 360 g/mol. The van der Waals surface area contributed by atoms with Crippen LogP contribution in [0, 0.1) is 0 Å². The number of ether oxygens (including phenoxy) is 1. The molecule has 1 aromatic rings. The summed E-state index contributed by atoms with van der Waals surface area (Å²) in [5, 5.41) is 5.60. The number of benzene rings is 1. The van der Waals surface area contributed by atoms with Gasteiger partial charge in [-0.1, -0.05) is 30.3 Å². The summed E-state index contributed by atoms with van der Waals surface area (Å²) in [6, 6.07) is 8.54. The smallest absolute Gasteiger partial charge is 0.408 e. The summed E-state index contributed by atoms with van der Waals surface area (Å²) in [5.74, 6) is -0.262. The molecule has 1 saturated heterocycles. The van der Waals surface area contributed by atoms with Gasteiger partial charge < -0.3 is 26.0 Å². The zero-order valence-electron chi connectivity index (χ0n) is 16.1. The van der Waals surface area contributed by atoms with Gasteiger partial charge in [0.2, 0.25) is 11.8 Å². The minimum Gasteiger partial charge on any atom is -0.445 e. The molecule has 0 spiro atoms. The first-order valence-electron chi connectivity index (χ1n) is 9.74. The number of likely N-dealkylation sites (tertiary alicyclic amines) is 1. The molecule has 2 fully saturated rings. The van der Waals surface area contributed by atoms with Gasteiger partial charge in [0.15, 0.2) is 0 Å². The highest BCUT2D eigenvalue weighted by atomic mass is 16.5. The maximum Gasteiger partial charge on any atom is 0.408 e. The molecular formula is C20H28N4O4. The molecule has 8 nitrogen and oxygen atoms in total. The lowest BCUT2D eigenvalue weighted by molar-refractivity contribution is -0.133. The van der Waals surface area contributed by atoms with Gasteiger partial charge in [-0.25, -0.2) is 4.79 Å². The van der Waals surface area contributed by atoms with Crippen LogP contribution in [0.4, 0.5) is 4.79 Å². The Hall–Kier alpha value is -2.61. The molecule has 1 aromatic carbocycles. The van der Waals surface area contributed by atoms with Gasteiger partial charge in [0.05, 0.1) is 12.1 Å². The van der Waals surface area contributed by atoms with Gasteiger partial charge in [0.25, 0.3) is 0 Å². The Balaban J connectivity index is 1.54. The molecule has 1 aliphatic heterocycles. The van der Waals surface area contributed by atoms with Gasteiger partial charge in [0, 0.05) is 19.5 Å². The molecule has 4 atom stereocenters. The first kappa shape index (κ1) is 20.1. The number of hydrogen-bond donors (Lipinski definition) is 3. The van der Waals surface area contributed by atoms with Crippen molar-refractivity contribution in [3.05, 3.63) is 35.9 Å². The van der Waals surface area contributed by atoms with Crippen LogP contribution >= 0.6 is 0 Å². The fraction of sp³-hybridized carbons (Fsp3) is 0.550. The molecule has 152 valence electrons. The Labute approximate surface area is 164 Å². The largest absolute Gasteiger partial charge is 0.445 e. The number of amides is 3. The number of nitrogens with zero attached hydrogens (tertiary/aromatic N) is 1. The van der Waals surface area contributed by atoms with Crippen LogP contribution in [-0.2, 0) is 20.9 Å². The monoisotopic (exact) mass is 388 g/mol. The average Bonchev–Trinajstić information content (AvgIpc) is 3.01. The number of nitrogens with one attached hydrogen (secondary N) is 2. The summed E-state index contributed by atoms with van der Waals surface area (Å²) in [5.41, 5.74) is 6.93. The topological polar surface area (TPSA) is 114 Å². The molecule has 8 heteroatoms. The zero-order chi connectivity index (χ0) is 20.1. The van der Waals surface area contributed by atoms with Gasteiger partial charge in [-0.05, 0) is 31.2 Å². The number of hydrogen-bond acceptors (Lipinski definition) is 5. The van der Waals surface area contributed by atoms with E-state index in [2.05, 4.69) is 10.6 Å². The van der Waals surface area contributed by atoms with Gasteiger partial charge >= 0.3 is 6.09 Å². The van der Waals surface area contributed by atoms with E-state index in [4.69, 9.17) is 10.5 Å². The quantitative estimate of drug-likeness (QED) is 0.693. The predicted molar refractivity (Wildman–Crippen MR) is 103 cm³/mol. The molecule has 2 aliphatic rings. The SMILES string of the molecule is CC(=O)NC1CC(N)CCC1N1CCC(NC(=O)OCc2ccccc2)C1=O. The summed E-state index contributed by atoms with van der Waals surface area (Å²) in [6.07, 6.45) is 2.11. The van der Waals surface area contributed by atoms with Crippen molar-refractivity contribution in [2.45, 2.75) is 63.4 Å². The number of nitrogens with two attached hydrogens (primary N) is 1. The highest BCUT2D eigenvalue weighted by Crippen LogP contribution is 2.27. The Morgan fingerprint density at radius 2 is 1.93 bits per heavy atom. The van der Waals surface area contributed by atoms with Crippen LogP contribution in [0.5, 0.6) is 0 Å². The fourth-order valence-corrected chi connectivity index (χ4v) is 4.05. The Bertz CT molecular complexity index is 711. The van der Waals surface area contributed by atoms with E-state index < -0.39 is 12.1 Å². The summed E-state index contributed by atoms with van der Waals surface area (Å²) >= 11 is 0. The van der Waals surface area contributed by atoms with Crippen LogP contribution in [0.1, 0.15) is 38.2 Å². The van der Waals surface area contributed by atoms with E-state index in [9.17, 15) is 14.4 Å². The third-order valence-corrected chi connectivity index (χ3v) is 5.39. The standard InChI is InChI=1S/C20H28N4O4/c1-13(25)22-17-11-15(21)7-8-18(17)24-10-9-16(19(24)26)23-20(27)28-12-14-5-3-2-4-6-14/h2-6,15-18H,7-12,21H2,1H3,(H,22,25)(H,23,27). The van der Waals surface area contributed by atoms with Crippen LogP contribution in [0.15, 0.2) is 30.3 Å². The van der Waals surface area contributed by atoms with E-state index in [0.29, 0.717) is 19.4 Å². The second-order valence-electron chi connectivity index (χ2n) is 7.53. The van der Waals surface area contributed by atoms with Gasteiger partial charge in [-0.2, -0.15) is 0 Å². The van der Waals surface area contributed by atoms with Crippen LogP contribution in [0.2, 0.25) is 0 Å². The fourth-order valence-electron chi connectivity index (χ4n) is 4.05. The summed E-state index contributed by atoms with van der Waals surface area (Å²) < 4.78 is 5.21. The molecule has 3 amide bonds. The van der Waals surface area contributed by atoms with Crippen LogP contribution in [-0.4, -0.2) is 53.5 Å². The van der Waals surface area contributed by atoms with Gasteiger partial charge in [-0.3, -0.25) is 9.59 Å². The second-order valence-corrected chi connectivity index (χ2v) is 7.53. The average molecular weight is 388 g/mol. The van der Waals surface area contributed by atoms with Crippen molar-refractivity contribution in [1.29, 1.82) is 0 Å². The summed E-state index contributed by atoms with van der Waals surface area (Å²) in [7, 11) is 0. The van der Waals surface area contributed by atoms with Crippen molar-refractivity contribution >= 4 is 17.9 Å². The van der Waals surface area contributed by atoms with Gasteiger partial charge in [0.1, 0.15) is 12.6 Å². The molecule has 28 heavy (non-hydrogen) atoms. The minimum absolute atomic E-state index is 0.0210. The summed E-state index contributed by atoms with van der Waals surface area (Å²) in [4.78, 5) is 38.2. The Kier molecular flexibility index (Phi) is 6.51. The molecule has 0 bridgehead atoms. The molecule has 4 unspecified atom stereocenters. The van der Waals surface area contributed by atoms with Crippen molar-refractivity contribution < 1.29 is 19.1 Å². The van der Waals surface area contributed by atoms with Crippen LogP contribution in [0.3, 0.4) is 0 Å². The Morgan fingerprint density at radius 3 is 2.64 bits per heavy atom. The van der Waals surface area contributed by atoms with Crippen LogP contribution in [0.25, 0.3) is 0 Å². The zero-order valence-corrected chi connectivity index (χ0v) is 16.1. The second kappa shape index (κ2) is 9.05. The van der Waals surface area contributed by atoms with Crippen molar-refractivity contribution in [3.63, 3.8) is 0 Å². The van der Waals surface area contributed by atoms with E-state index in [1.54, 1.807) is 4.90 Å². The third kappa shape index (κ3) is 5.01. The lowest BCUT2D eigenvalue weighted by atomic mass is 9.86. The number of carbonyl (C=O) groups excluding carboxylic acids is 3. The minimum atomic E-state index is -0.604. The van der Waals surface area contributed by atoms with Crippen molar-refractivity contribution in [1.82, 2.24) is 15.5 Å². The molecule has 1 heterocycles. The van der Waals surface area contributed by atoms with Crippen molar-refractivity contribution in [2.24, 2.45) is 5.73 Å². The van der Waals surface area contributed by atoms with Crippen LogP contribution < -0.4 is 16.4 Å². The normalized spacial score (nSPS) is 27.4. The molecule has 3 rings (SSSR count). The lowest BCUT2D eigenvalue weighted by Gasteiger charge is -2.40. The Morgan fingerprint density at radius 1 is 1.18 bits per heavy atom.